The van der Waals surface area contributed by atoms with Crippen molar-refractivity contribution in [2.45, 2.75) is 6.42 Å². The van der Waals surface area contributed by atoms with Gasteiger partial charge in [0.1, 0.15) is 18.2 Å². The van der Waals surface area contributed by atoms with E-state index < -0.39 is 0 Å². The van der Waals surface area contributed by atoms with E-state index in [0.29, 0.717) is 29.9 Å². The average molecular weight is 343 g/mol. The van der Waals surface area contributed by atoms with Crippen LogP contribution in [0.1, 0.15) is 11.1 Å². The molecule has 1 atom stereocenters. The van der Waals surface area contributed by atoms with E-state index in [9.17, 15) is 10.1 Å². The Kier molecular flexibility index (Phi) is 4.02. The molecule has 1 aromatic heterocycles. The minimum atomic E-state index is -0.270. The molecule has 4 rings (SSSR count). The lowest BCUT2D eigenvalue weighted by Gasteiger charge is -2.28. The molecule has 0 radical (unpaired) electrons. The van der Waals surface area contributed by atoms with Crippen molar-refractivity contribution in [2.24, 2.45) is 5.92 Å². The Morgan fingerprint density at radius 3 is 2.85 bits per heavy atom. The van der Waals surface area contributed by atoms with Crippen LogP contribution in [0.5, 0.6) is 5.75 Å². The molecule has 3 aromatic rings. The number of benzene rings is 2. The second-order valence-corrected chi connectivity index (χ2v) is 6.37. The second kappa shape index (κ2) is 6.49. The molecule has 0 aliphatic carbocycles. The first-order chi connectivity index (χ1) is 12.7. The van der Waals surface area contributed by atoms with Crippen molar-refractivity contribution in [3.63, 3.8) is 0 Å². The number of ether oxygens (including phenoxy) is 1. The van der Waals surface area contributed by atoms with Crippen LogP contribution in [0.3, 0.4) is 0 Å². The molecule has 2 heterocycles. The molecule has 0 saturated heterocycles. The zero-order valence-electron chi connectivity index (χ0n) is 14.3. The number of fused-ring (bicyclic) bond motifs is 2. The van der Waals surface area contributed by atoms with Crippen molar-refractivity contribution in [1.82, 2.24) is 4.98 Å². The normalized spacial score (nSPS) is 15.6. The molecule has 1 aliphatic rings. The Bertz CT molecular complexity index is 1040. The number of hydrogen-bond donors (Lipinski definition) is 0. The van der Waals surface area contributed by atoms with E-state index in [-0.39, 0.29) is 11.8 Å². The zero-order valence-corrected chi connectivity index (χ0v) is 14.3. The number of pyridine rings is 1. The molecule has 0 saturated carbocycles. The topological polar surface area (TPSA) is 66.2 Å². The van der Waals surface area contributed by atoms with Crippen molar-refractivity contribution in [1.29, 1.82) is 5.26 Å². The lowest BCUT2D eigenvalue weighted by atomic mass is 9.95. The SMILES string of the molecule is CN(C(=O)C1COc2ccccc2C1)c1cc(C#N)c2ccccc2n1. The highest BCUT2D eigenvalue weighted by Crippen LogP contribution is 2.29. The van der Waals surface area contributed by atoms with Crippen LogP contribution in [-0.4, -0.2) is 24.5 Å². The molecule has 0 fully saturated rings. The highest BCUT2D eigenvalue weighted by Gasteiger charge is 2.29. The number of anilines is 1. The Hall–Kier alpha value is -3.39. The van der Waals surface area contributed by atoms with E-state index in [1.54, 1.807) is 13.1 Å². The summed E-state index contributed by atoms with van der Waals surface area (Å²) < 4.78 is 5.74. The lowest BCUT2D eigenvalue weighted by Crippen LogP contribution is -2.39. The molecule has 1 amide bonds. The van der Waals surface area contributed by atoms with E-state index in [1.807, 2.05) is 48.5 Å². The van der Waals surface area contributed by atoms with Crippen LogP contribution >= 0.6 is 0 Å². The first kappa shape index (κ1) is 16.1. The molecule has 1 unspecified atom stereocenters. The van der Waals surface area contributed by atoms with E-state index >= 15 is 0 Å². The Labute approximate surface area is 151 Å². The van der Waals surface area contributed by atoms with Gasteiger partial charge in [-0.3, -0.25) is 9.69 Å². The van der Waals surface area contributed by atoms with Crippen LogP contribution < -0.4 is 9.64 Å². The summed E-state index contributed by atoms with van der Waals surface area (Å²) in [6.45, 7) is 0.346. The van der Waals surface area contributed by atoms with Crippen LogP contribution in [0.25, 0.3) is 10.9 Å². The van der Waals surface area contributed by atoms with Crippen molar-refractivity contribution in [3.8, 4) is 11.8 Å². The van der Waals surface area contributed by atoms with Gasteiger partial charge in [0, 0.05) is 12.4 Å². The Morgan fingerprint density at radius 2 is 2.00 bits per heavy atom. The van der Waals surface area contributed by atoms with Gasteiger partial charge in [-0.15, -0.1) is 0 Å². The number of aromatic nitrogens is 1. The predicted molar refractivity (Wildman–Crippen MR) is 99.0 cm³/mol. The third kappa shape index (κ3) is 2.76. The summed E-state index contributed by atoms with van der Waals surface area (Å²) in [5, 5.41) is 10.2. The summed E-state index contributed by atoms with van der Waals surface area (Å²) in [5.41, 5.74) is 2.25. The van der Waals surface area contributed by atoms with Gasteiger partial charge in [-0.05, 0) is 30.2 Å². The molecule has 0 spiro atoms. The van der Waals surface area contributed by atoms with Gasteiger partial charge in [-0.1, -0.05) is 36.4 Å². The van der Waals surface area contributed by atoms with Gasteiger partial charge in [-0.2, -0.15) is 5.26 Å². The van der Waals surface area contributed by atoms with Crippen LogP contribution in [0.4, 0.5) is 5.82 Å². The van der Waals surface area contributed by atoms with Gasteiger partial charge in [0.2, 0.25) is 5.91 Å². The molecule has 0 N–H and O–H groups in total. The first-order valence-electron chi connectivity index (χ1n) is 8.45. The van der Waals surface area contributed by atoms with Crippen molar-refractivity contribution in [3.05, 3.63) is 65.7 Å². The molecule has 1 aliphatic heterocycles. The first-order valence-corrected chi connectivity index (χ1v) is 8.45. The third-order valence-electron chi connectivity index (χ3n) is 4.73. The number of nitriles is 1. The van der Waals surface area contributed by atoms with Crippen molar-refractivity contribution < 1.29 is 9.53 Å². The summed E-state index contributed by atoms with van der Waals surface area (Å²) in [5.74, 6) is 0.985. The minimum absolute atomic E-state index is 0.0637. The number of carbonyl (C=O) groups excluding carboxylic acids is 1. The number of rotatable bonds is 2. The molecule has 5 nitrogen and oxygen atoms in total. The van der Waals surface area contributed by atoms with Crippen molar-refractivity contribution in [2.75, 3.05) is 18.6 Å². The molecular formula is C21H17N3O2. The van der Waals surface area contributed by atoms with Crippen molar-refractivity contribution >= 4 is 22.6 Å². The van der Waals surface area contributed by atoms with Gasteiger partial charge in [-0.25, -0.2) is 4.98 Å². The molecule has 2 aromatic carbocycles. The maximum absolute atomic E-state index is 13.0. The number of hydrogen-bond acceptors (Lipinski definition) is 4. The van der Waals surface area contributed by atoms with Gasteiger partial charge >= 0.3 is 0 Å². The second-order valence-electron chi connectivity index (χ2n) is 6.37. The molecule has 5 heteroatoms. The highest BCUT2D eigenvalue weighted by atomic mass is 16.5. The lowest BCUT2D eigenvalue weighted by molar-refractivity contribution is -0.123. The largest absolute Gasteiger partial charge is 0.492 e. The fourth-order valence-electron chi connectivity index (χ4n) is 3.30. The molecule has 0 bridgehead atoms. The van der Waals surface area contributed by atoms with Gasteiger partial charge in [0.05, 0.1) is 23.1 Å². The zero-order chi connectivity index (χ0) is 18.1. The maximum Gasteiger partial charge on any atom is 0.234 e. The average Bonchev–Trinajstić information content (AvgIpc) is 2.71. The van der Waals surface area contributed by atoms with Gasteiger partial charge in [0.15, 0.2) is 0 Å². The van der Waals surface area contributed by atoms with Gasteiger partial charge < -0.3 is 4.74 Å². The summed E-state index contributed by atoms with van der Waals surface area (Å²) >= 11 is 0. The number of nitrogens with zero attached hydrogens (tertiary/aromatic N) is 3. The van der Waals surface area contributed by atoms with Crippen LogP contribution in [0, 0.1) is 17.2 Å². The summed E-state index contributed by atoms with van der Waals surface area (Å²) in [4.78, 5) is 19.0. The van der Waals surface area contributed by atoms with E-state index in [4.69, 9.17) is 4.74 Å². The minimum Gasteiger partial charge on any atom is -0.492 e. The summed E-state index contributed by atoms with van der Waals surface area (Å²) in [7, 11) is 1.70. The van der Waals surface area contributed by atoms with Gasteiger partial charge in [0.25, 0.3) is 0 Å². The smallest absolute Gasteiger partial charge is 0.234 e. The predicted octanol–water partition coefficient (Wildman–Crippen LogP) is 3.32. The highest BCUT2D eigenvalue weighted by molar-refractivity contribution is 5.96. The standard InChI is InChI=1S/C21H17N3O2/c1-24(20-11-15(12-22)17-7-3-4-8-18(17)23-20)21(25)16-10-14-6-2-5-9-19(14)26-13-16/h2-9,11,16H,10,13H2,1H3. The van der Waals surface area contributed by atoms with Crippen LogP contribution in [0.2, 0.25) is 0 Å². The fourth-order valence-corrected chi connectivity index (χ4v) is 3.30. The van der Waals surface area contributed by atoms with E-state index in [2.05, 4.69) is 11.1 Å². The van der Waals surface area contributed by atoms with E-state index in [0.717, 1.165) is 16.7 Å². The number of amides is 1. The Morgan fingerprint density at radius 1 is 1.23 bits per heavy atom. The fraction of sp³-hybridized carbons (Fsp3) is 0.190. The molecule has 128 valence electrons. The van der Waals surface area contributed by atoms with Crippen LogP contribution in [0.15, 0.2) is 54.6 Å². The summed E-state index contributed by atoms with van der Waals surface area (Å²) in [6.07, 6.45) is 0.637. The maximum atomic E-state index is 13.0. The number of para-hydroxylation sites is 2. The van der Waals surface area contributed by atoms with Crippen LogP contribution in [-0.2, 0) is 11.2 Å². The molecular weight excluding hydrogens is 326 g/mol. The monoisotopic (exact) mass is 343 g/mol. The van der Waals surface area contributed by atoms with E-state index in [1.165, 1.54) is 4.90 Å². The third-order valence-corrected chi connectivity index (χ3v) is 4.73. The molecule has 26 heavy (non-hydrogen) atoms. The Balaban J connectivity index is 1.64. The summed E-state index contributed by atoms with van der Waals surface area (Å²) in [6, 6.07) is 19.1. The number of carbonyl (C=O) groups is 1. The quantitative estimate of drug-likeness (QED) is 0.716.